The molecule has 26 heavy (non-hydrogen) atoms. The van der Waals surface area contributed by atoms with Crippen molar-refractivity contribution in [2.24, 2.45) is 10.1 Å². The van der Waals surface area contributed by atoms with Crippen LogP contribution in [0.5, 0.6) is 0 Å². The molecule has 0 amide bonds. The molecule has 2 aromatic rings. The van der Waals surface area contributed by atoms with Gasteiger partial charge in [-0.25, -0.2) is 22.9 Å². The second-order valence-electron chi connectivity index (χ2n) is 5.23. The van der Waals surface area contributed by atoms with E-state index in [-0.39, 0.29) is 34.0 Å². The van der Waals surface area contributed by atoms with Crippen molar-refractivity contribution in [1.29, 1.82) is 0 Å². The Hall–Kier alpha value is -1.24. The normalized spacial score (nSPS) is 11.7. The molecule has 1 aromatic heterocycles. The Morgan fingerprint density at radius 2 is 1.96 bits per heavy atom. The Kier molecular flexibility index (Phi) is 9.47. The van der Waals surface area contributed by atoms with Crippen LogP contribution in [0.25, 0.3) is 0 Å². The van der Waals surface area contributed by atoms with Crippen LogP contribution in [-0.4, -0.2) is 27.5 Å². The zero-order chi connectivity index (χ0) is 18.3. The Morgan fingerprint density at radius 1 is 1.23 bits per heavy atom. The van der Waals surface area contributed by atoms with E-state index in [0.29, 0.717) is 37.6 Å². The number of thiophene rings is 1. The van der Waals surface area contributed by atoms with Crippen LogP contribution in [0.1, 0.15) is 17.4 Å². The first-order valence-electron chi connectivity index (χ1n) is 7.77. The van der Waals surface area contributed by atoms with Crippen molar-refractivity contribution in [2.75, 3.05) is 13.1 Å². The first kappa shape index (κ1) is 22.8. The van der Waals surface area contributed by atoms with Gasteiger partial charge in [0.25, 0.3) is 0 Å². The fourth-order valence-corrected chi connectivity index (χ4v) is 3.81. The van der Waals surface area contributed by atoms with E-state index in [0.717, 1.165) is 16.2 Å². The van der Waals surface area contributed by atoms with Crippen molar-refractivity contribution in [3.05, 3.63) is 52.7 Å². The second kappa shape index (κ2) is 10.8. The first-order chi connectivity index (χ1) is 11.9. The Morgan fingerprint density at radius 3 is 2.58 bits per heavy atom. The number of nitrogens with two attached hydrogens (primary N) is 1. The van der Waals surface area contributed by atoms with Gasteiger partial charge < -0.3 is 10.6 Å². The van der Waals surface area contributed by atoms with Crippen LogP contribution in [-0.2, 0) is 23.0 Å². The standard InChI is InChI=1S/C16H21FN4O2S2.HI/c1-2-19-16(20-10-9-12-5-3-4-6-14(12)17)21-11-13-7-8-15(24-13)25(18,22)23;/h3-8H,2,9-11H2,1H3,(H2,18,22,23)(H2,19,20,21);1H. The number of guanidine groups is 1. The van der Waals surface area contributed by atoms with Crippen molar-refractivity contribution < 1.29 is 12.8 Å². The molecule has 0 aliphatic carbocycles. The van der Waals surface area contributed by atoms with Crippen molar-refractivity contribution in [3.8, 4) is 0 Å². The van der Waals surface area contributed by atoms with Crippen LogP contribution in [0, 0.1) is 5.82 Å². The quantitative estimate of drug-likeness (QED) is 0.302. The molecule has 6 nitrogen and oxygen atoms in total. The molecule has 1 aromatic carbocycles. The Labute approximate surface area is 174 Å². The summed E-state index contributed by atoms with van der Waals surface area (Å²) in [6.07, 6.45) is 0.533. The summed E-state index contributed by atoms with van der Waals surface area (Å²) in [4.78, 5) is 5.20. The average Bonchev–Trinajstić information content (AvgIpc) is 3.03. The maximum Gasteiger partial charge on any atom is 0.247 e. The molecule has 0 fully saturated rings. The van der Waals surface area contributed by atoms with Crippen molar-refractivity contribution >= 4 is 51.3 Å². The number of aliphatic imine (C=N–C) groups is 1. The maximum absolute atomic E-state index is 13.6. The van der Waals surface area contributed by atoms with Crippen LogP contribution in [0.15, 0.2) is 45.6 Å². The van der Waals surface area contributed by atoms with Gasteiger partial charge in [-0.1, -0.05) is 18.2 Å². The molecule has 0 saturated carbocycles. The van der Waals surface area contributed by atoms with Crippen LogP contribution in [0.4, 0.5) is 4.39 Å². The van der Waals surface area contributed by atoms with Gasteiger partial charge in [0.2, 0.25) is 10.0 Å². The van der Waals surface area contributed by atoms with Gasteiger partial charge in [0, 0.05) is 18.0 Å². The summed E-state index contributed by atoms with van der Waals surface area (Å²) in [5.74, 6) is 0.366. The third-order valence-electron chi connectivity index (χ3n) is 3.30. The molecular weight excluding hydrogens is 490 g/mol. The van der Waals surface area contributed by atoms with Crippen LogP contribution in [0.3, 0.4) is 0 Å². The van der Waals surface area contributed by atoms with Crippen molar-refractivity contribution in [3.63, 3.8) is 0 Å². The second-order valence-corrected chi connectivity index (χ2v) is 8.19. The fourth-order valence-electron chi connectivity index (χ4n) is 2.11. The minimum absolute atomic E-state index is 0. The van der Waals surface area contributed by atoms with Crippen LogP contribution < -0.4 is 15.8 Å². The molecule has 0 aliphatic heterocycles. The largest absolute Gasteiger partial charge is 0.357 e. The van der Waals surface area contributed by atoms with Crippen LogP contribution >= 0.6 is 35.3 Å². The number of hydrogen-bond acceptors (Lipinski definition) is 4. The lowest BCUT2D eigenvalue weighted by atomic mass is 10.1. The van der Waals surface area contributed by atoms with E-state index in [4.69, 9.17) is 5.14 Å². The minimum atomic E-state index is -3.68. The molecular formula is C16H22FIN4O2S2. The van der Waals surface area contributed by atoms with E-state index in [1.807, 2.05) is 6.92 Å². The first-order valence-corrected chi connectivity index (χ1v) is 10.1. The Bertz CT molecular complexity index is 840. The highest BCUT2D eigenvalue weighted by Crippen LogP contribution is 2.20. The molecule has 0 saturated heterocycles. The van der Waals surface area contributed by atoms with Crippen molar-refractivity contribution in [1.82, 2.24) is 10.6 Å². The number of hydrogen-bond donors (Lipinski definition) is 3. The van der Waals surface area contributed by atoms with Gasteiger partial charge in [0.1, 0.15) is 10.0 Å². The monoisotopic (exact) mass is 512 g/mol. The maximum atomic E-state index is 13.6. The zero-order valence-electron chi connectivity index (χ0n) is 14.2. The van der Waals surface area contributed by atoms with Gasteiger partial charge in [-0.05, 0) is 37.1 Å². The molecule has 0 spiro atoms. The predicted molar refractivity (Wildman–Crippen MR) is 114 cm³/mol. The van der Waals surface area contributed by atoms with Gasteiger partial charge in [-0.3, -0.25) is 0 Å². The molecule has 2 rings (SSSR count). The molecule has 0 radical (unpaired) electrons. The smallest absolute Gasteiger partial charge is 0.247 e. The van der Waals surface area contributed by atoms with E-state index in [1.54, 1.807) is 24.3 Å². The number of sulfonamides is 1. The zero-order valence-corrected chi connectivity index (χ0v) is 18.2. The molecule has 0 unspecified atom stereocenters. The summed E-state index contributed by atoms with van der Waals surface area (Å²) in [6.45, 7) is 3.48. The van der Waals surface area contributed by atoms with Gasteiger partial charge in [0.05, 0.1) is 6.54 Å². The fraction of sp³-hybridized carbons (Fsp3) is 0.312. The molecule has 4 N–H and O–H groups in total. The van der Waals surface area contributed by atoms with Crippen molar-refractivity contribution in [2.45, 2.75) is 24.1 Å². The van der Waals surface area contributed by atoms with E-state index in [1.165, 1.54) is 12.1 Å². The van der Waals surface area contributed by atoms with Gasteiger partial charge in [-0.15, -0.1) is 35.3 Å². The summed E-state index contributed by atoms with van der Waals surface area (Å²) in [6, 6.07) is 9.82. The molecule has 10 heteroatoms. The number of nitrogens with one attached hydrogen (secondary N) is 2. The number of rotatable bonds is 7. The molecule has 0 atom stereocenters. The number of nitrogens with zero attached hydrogens (tertiary/aromatic N) is 1. The molecule has 0 aliphatic rings. The molecule has 0 bridgehead atoms. The van der Waals surface area contributed by atoms with E-state index in [9.17, 15) is 12.8 Å². The van der Waals surface area contributed by atoms with E-state index >= 15 is 0 Å². The summed E-state index contributed by atoms with van der Waals surface area (Å²) in [7, 11) is -3.68. The third-order valence-corrected chi connectivity index (χ3v) is 5.81. The third kappa shape index (κ3) is 7.17. The lowest BCUT2D eigenvalue weighted by Gasteiger charge is -2.11. The summed E-state index contributed by atoms with van der Waals surface area (Å²) in [5.41, 5.74) is 0.641. The minimum Gasteiger partial charge on any atom is -0.357 e. The summed E-state index contributed by atoms with van der Waals surface area (Å²) < 4.78 is 36.3. The van der Waals surface area contributed by atoms with Gasteiger partial charge in [0.15, 0.2) is 5.96 Å². The highest BCUT2D eigenvalue weighted by atomic mass is 127. The number of halogens is 2. The lowest BCUT2D eigenvalue weighted by Crippen LogP contribution is -2.38. The highest BCUT2D eigenvalue weighted by Gasteiger charge is 2.11. The average molecular weight is 512 g/mol. The Balaban J connectivity index is 0.00000338. The lowest BCUT2D eigenvalue weighted by molar-refractivity contribution is 0.599. The summed E-state index contributed by atoms with van der Waals surface area (Å²) >= 11 is 1.10. The highest BCUT2D eigenvalue weighted by molar-refractivity contribution is 14.0. The summed E-state index contributed by atoms with van der Waals surface area (Å²) in [5, 5.41) is 11.3. The van der Waals surface area contributed by atoms with Gasteiger partial charge in [-0.2, -0.15) is 0 Å². The SMILES string of the molecule is CCNC(=NCc1ccc(S(N)(=O)=O)s1)NCCc1ccccc1F.I. The van der Waals surface area contributed by atoms with E-state index < -0.39 is 10.0 Å². The van der Waals surface area contributed by atoms with Crippen LogP contribution in [0.2, 0.25) is 0 Å². The molecule has 1 heterocycles. The molecule has 144 valence electrons. The van der Waals surface area contributed by atoms with Gasteiger partial charge >= 0.3 is 0 Å². The number of primary sulfonamides is 1. The number of benzene rings is 1. The topological polar surface area (TPSA) is 96.6 Å². The van der Waals surface area contributed by atoms with E-state index in [2.05, 4.69) is 15.6 Å². The predicted octanol–water partition coefficient (Wildman–Crippen LogP) is 2.45.